The van der Waals surface area contributed by atoms with Crippen molar-refractivity contribution in [3.63, 3.8) is 0 Å². The number of carbonyl (C=O) groups is 1. The second kappa shape index (κ2) is 13.4. The molecule has 1 aromatic carbocycles. The number of allylic oxidation sites excluding steroid dienone is 4. The second-order valence-electron chi connectivity index (χ2n) is 8.25. The highest BCUT2D eigenvalue weighted by Gasteiger charge is 2.30. The topological polar surface area (TPSA) is 29.1 Å². The highest BCUT2D eigenvalue weighted by atomic mass is 16.1. The maximum Gasteiger partial charge on any atom is 0.219 e. The third-order valence-corrected chi connectivity index (χ3v) is 5.99. The van der Waals surface area contributed by atoms with Gasteiger partial charge in [0.25, 0.3) is 0 Å². The third kappa shape index (κ3) is 8.46. The van der Waals surface area contributed by atoms with E-state index in [1.807, 2.05) is 6.92 Å². The Labute approximate surface area is 172 Å². The number of hydrogen-bond acceptors (Lipinski definition) is 1. The standard InChI is InChI=1S/C26H39NO/c1-3-27-26(28)19-13-5-4-11-17-24-21-20-22(2)25(24)18-12-7-10-16-23-14-8-6-9-15-23/h4,6,8-9,11-12,14-15,18,22,24-25H,3,5,7,10,13,16-17,19-21H2,1-2H3,(H,27,28)/b11-4-,18-12+/t22-,24+,25?/m1/s1. The number of rotatable bonds is 12. The predicted molar refractivity (Wildman–Crippen MR) is 120 cm³/mol. The molecule has 1 aliphatic rings. The van der Waals surface area contributed by atoms with E-state index in [9.17, 15) is 4.79 Å². The molecule has 0 radical (unpaired) electrons. The van der Waals surface area contributed by atoms with Crippen molar-refractivity contribution < 1.29 is 4.79 Å². The zero-order valence-electron chi connectivity index (χ0n) is 17.9. The molecule has 2 nitrogen and oxygen atoms in total. The number of benzene rings is 1. The average Bonchev–Trinajstić information content (AvgIpc) is 3.05. The minimum absolute atomic E-state index is 0.179. The Bertz CT molecular complexity index is 604. The van der Waals surface area contributed by atoms with E-state index >= 15 is 0 Å². The summed E-state index contributed by atoms with van der Waals surface area (Å²) in [7, 11) is 0. The molecule has 0 spiro atoms. The lowest BCUT2D eigenvalue weighted by atomic mass is 9.87. The molecule has 2 rings (SSSR count). The second-order valence-corrected chi connectivity index (χ2v) is 8.25. The van der Waals surface area contributed by atoms with Crippen LogP contribution in [0.2, 0.25) is 0 Å². The lowest BCUT2D eigenvalue weighted by Gasteiger charge is -2.18. The molecule has 1 fully saturated rings. The van der Waals surface area contributed by atoms with Gasteiger partial charge in [0, 0.05) is 13.0 Å². The van der Waals surface area contributed by atoms with Crippen LogP contribution < -0.4 is 5.32 Å². The Morgan fingerprint density at radius 3 is 2.64 bits per heavy atom. The largest absolute Gasteiger partial charge is 0.356 e. The van der Waals surface area contributed by atoms with Crippen LogP contribution in [0.4, 0.5) is 0 Å². The Balaban J connectivity index is 1.65. The van der Waals surface area contributed by atoms with Crippen molar-refractivity contribution in [2.45, 2.75) is 71.6 Å². The van der Waals surface area contributed by atoms with Gasteiger partial charge in [0.05, 0.1) is 0 Å². The molecular weight excluding hydrogens is 342 g/mol. The van der Waals surface area contributed by atoms with E-state index in [2.05, 4.69) is 66.9 Å². The smallest absolute Gasteiger partial charge is 0.219 e. The molecule has 1 aromatic rings. The minimum Gasteiger partial charge on any atom is -0.356 e. The van der Waals surface area contributed by atoms with Crippen LogP contribution in [0.1, 0.15) is 70.8 Å². The summed E-state index contributed by atoms with van der Waals surface area (Å²) in [5.74, 6) is 2.51. The molecule has 1 unspecified atom stereocenters. The Morgan fingerprint density at radius 1 is 1.07 bits per heavy atom. The molecular formula is C26H39NO. The number of unbranched alkanes of at least 4 members (excludes halogenated alkanes) is 2. The van der Waals surface area contributed by atoms with Gasteiger partial charge in [0.1, 0.15) is 0 Å². The van der Waals surface area contributed by atoms with Crippen molar-refractivity contribution >= 4 is 5.91 Å². The van der Waals surface area contributed by atoms with Crippen molar-refractivity contribution in [2.75, 3.05) is 6.54 Å². The van der Waals surface area contributed by atoms with Gasteiger partial charge in [-0.1, -0.05) is 61.6 Å². The Kier molecular flexibility index (Phi) is 10.7. The fraction of sp³-hybridized carbons (Fsp3) is 0.577. The first kappa shape index (κ1) is 22.5. The van der Waals surface area contributed by atoms with Crippen molar-refractivity contribution in [1.82, 2.24) is 5.32 Å². The van der Waals surface area contributed by atoms with Crippen LogP contribution in [-0.4, -0.2) is 12.5 Å². The molecule has 1 aliphatic carbocycles. The quantitative estimate of drug-likeness (QED) is 0.326. The first-order valence-corrected chi connectivity index (χ1v) is 11.3. The van der Waals surface area contributed by atoms with Crippen LogP contribution in [0.5, 0.6) is 0 Å². The SMILES string of the molecule is CCNC(=O)CCC/C=C\C[C@H]1CC[C@@H](C)C1/C=C/CCCc1ccccc1. The van der Waals surface area contributed by atoms with Crippen LogP contribution in [0.15, 0.2) is 54.6 Å². The van der Waals surface area contributed by atoms with Crippen molar-refractivity contribution in [3.8, 4) is 0 Å². The van der Waals surface area contributed by atoms with Gasteiger partial charge in [-0.25, -0.2) is 0 Å². The average molecular weight is 382 g/mol. The van der Waals surface area contributed by atoms with E-state index in [1.165, 1.54) is 44.1 Å². The van der Waals surface area contributed by atoms with E-state index in [0.717, 1.165) is 37.1 Å². The lowest BCUT2D eigenvalue weighted by molar-refractivity contribution is -0.121. The first-order chi connectivity index (χ1) is 13.7. The van der Waals surface area contributed by atoms with Gasteiger partial charge in [-0.2, -0.15) is 0 Å². The van der Waals surface area contributed by atoms with Crippen molar-refractivity contribution in [2.24, 2.45) is 17.8 Å². The fourth-order valence-corrected chi connectivity index (χ4v) is 4.33. The molecule has 3 atom stereocenters. The highest BCUT2D eigenvalue weighted by Crippen LogP contribution is 2.40. The van der Waals surface area contributed by atoms with Gasteiger partial charge in [0.2, 0.25) is 5.91 Å². The molecule has 0 heterocycles. The summed E-state index contributed by atoms with van der Waals surface area (Å²) < 4.78 is 0. The zero-order chi connectivity index (χ0) is 20.0. The van der Waals surface area contributed by atoms with Gasteiger partial charge in [-0.15, -0.1) is 0 Å². The minimum atomic E-state index is 0.179. The maximum absolute atomic E-state index is 11.4. The molecule has 1 N–H and O–H groups in total. The molecule has 0 aromatic heterocycles. The molecule has 0 aliphatic heterocycles. The maximum atomic E-state index is 11.4. The third-order valence-electron chi connectivity index (χ3n) is 5.99. The van der Waals surface area contributed by atoms with Crippen LogP contribution in [0, 0.1) is 17.8 Å². The number of amides is 1. The molecule has 1 amide bonds. The van der Waals surface area contributed by atoms with Gasteiger partial charge in [0.15, 0.2) is 0 Å². The number of hydrogen-bond donors (Lipinski definition) is 1. The summed E-state index contributed by atoms with van der Waals surface area (Å²) >= 11 is 0. The first-order valence-electron chi connectivity index (χ1n) is 11.3. The fourth-order valence-electron chi connectivity index (χ4n) is 4.33. The number of carbonyl (C=O) groups excluding carboxylic acids is 1. The lowest BCUT2D eigenvalue weighted by Crippen LogP contribution is -2.21. The number of nitrogens with one attached hydrogen (secondary N) is 1. The van der Waals surface area contributed by atoms with Crippen molar-refractivity contribution in [1.29, 1.82) is 0 Å². The van der Waals surface area contributed by atoms with E-state index in [1.54, 1.807) is 0 Å². The van der Waals surface area contributed by atoms with Gasteiger partial charge >= 0.3 is 0 Å². The van der Waals surface area contributed by atoms with Crippen LogP contribution >= 0.6 is 0 Å². The van der Waals surface area contributed by atoms with E-state index < -0.39 is 0 Å². The normalized spacial score (nSPS) is 22.3. The predicted octanol–water partition coefficient (Wildman–Crippen LogP) is 6.48. The Hall–Kier alpha value is -1.83. The van der Waals surface area contributed by atoms with Crippen LogP contribution in [-0.2, 0) is 11.2 Å². The summed E-state index contributed by atoms with van der Waals surface area (Å²) in [6.45, 7) is 5.11. The van der Waals surface area contributed by atoms with Gasteiger partial charge in [-0.3, -0.25) is 4.79 Å². The van der Waals surface area contributed by atoms with Crippen LogP contribution in [0.3, 0.4) is 0 Å². The molecule has 28 heavy (non-hydrogen) atoms. The molecule has 2 heteroatoms. The molecule has 1 saturated carbocycles. The highest BCUT2D eigenvalue weighted by molar-refractivity contribution is 5.75. The van der Waals surface area contributed by atoms with E-state index in [4.69, 9.17) is 0 Å². The summed E-state index contributed by atoms with van der Waals surface area (Å²) in [5.41, 5.74) is 1.44. The summed E-state index contributed by atoms with van der Waals surface area (Å²) in [6, 6.07) is 10.8. The zero-order valence-corrected chi connectivity index (χ0v) is 17.9. The monoisotopic (exact) mass is 381 g/mol. The molecule has 154 valence electrons. The summed E-state index contributed by atoms with van der Waals surface area (Å²) in [4.78, 5) is 11.4. The number of aryl methyl sites for hydroxylation is 1. The molecule has 0 saturated heterocycles. The van der Waals surface area contributed by atoms with E-state index in [0.29, 0.717) is 6.42 Å². The summed E-state index contributed by atoms with van der Waals surface area (Å²) in [6.07, 6.45) is 19.7. The van der Waals surface area contributed by atoms with Gasteiger partial charge < -0.3 is 5.32 Å². The summed E-state index contributed by atoms with van der Waals surface area (Å²) in [5, 5.41) is 2.86. The van der Waals surface area contributed by atoms with Crippen molar-refractivity contribution in [3.05, 3.63) is 60.2 Å². The van der Waals surface area contributed by atoms with Gasteiger partial charge in [-0.05, 0) is 81.6 Å². The Morgan fingerprint density at radius 2 is 1.86 bits per heavy atom. The van der Waals surface area contributed by atoms with E-state index in [-0.39, 0.29) is 5.91 Å². The van der Waals surface area contributed by atoms with Crippen LogP contribution in [0.25, 0.3) is 0 Å². The molecule has 0 bridgehead atoms.